The van der Waals surface area contributed by atoms with E-state index in [1.165, 1.54) is 12.1 Å². The van der Waals surface area contributed by atoms with Crippen molar-refractivity contribution in [2.45, 2.75) is 27.7 Å². The molecular formula is C19H17FN2O3. The third kappa shape index (κ3) is 3.03. The van der Waals surface area contributed by atoms with Crippen molar-refractivity contribution in [2.24, 2.45) is 0 Å². The van der Waals surface area contributed by atoms with Gasteiger partial charge >= 0.3 is 5.97 Å². The third-order valence-corrected chi connectivity index (χ3v) is 4.23. The Labute approximate surface area is 144 Å². The van der Waals surface area contributed by atoms with Crippen LogP contribution in [0.1, 0.15) is 32.6 Å². The highest BCUT2D eigenvalue weighted by Gasteiger charge is 2.19. The summed E-state index contributed by atoms with van der Waals surface area (Å²) in [7, 11) is 0. The molecule has 0 bridgehead atoms. The summed E-state index contributed by atoms with van der Waals surface area (Å²) in [6.07, 6.45) is 0. The van der Waals surface area contributed by atoms with Crippen LogP contribution < -0.4 is 0 Å². The molecule has 0 radical (unpaired) electrons. The van der Waals surface area contributed by atoms with Gasteiger partial charge in [0.25, 0.3) is 5.89 Å². The Balaban J connectivity index is 2.11. The predicted octanol–water partition coefficient (Wildman–Crippen LogP) is 4.47. The van der Waals surface area contributed by atoms with Crippen LogP contribution >= 0.6 is 0 Å². The molecule has 3 rings (SSSR count). The van der Waals surface area contributed by atoms with Gasteiger partial charge in [-0.15, -0.1) is 0 Å². The second-order valence-electron chi connectivity index (χ2n) is 6.13. The number of aryl methyl sites for hydroxylation is 3. The van der Waals surface area contributed by atoms with Crippen LogP contribution in [0.3, 0.4) is 0 Å². The lowest BCUT2D eigenvalue weighted by atomic mass is 9.99. The summed E-state index contributed by atoms with van der Waals surface area (Å²) in [5, 5.41) is 13.2. The average Bonchev–Trinajstić information content (AvgIpc) is 2.98. The van der Waals surface area contributed by atoms with Crippen molar-refractivity contribution in [3.05, 3.63) is 57.9 Å². The highest BCUT2D eigenvalue weighted by atomic mass is 19.1. The summed E-state index contributed by atoms with van der Waals surface area (Å²) in [4.78, 5) is 15.7. The van der Waals surface area contributed by atoms with E-state index < -0.39 is 11.8 Å². The number of benzene rings is 2. The lowest BCUT2D eigenvalue weighted by Crippen LogP contribution is -2.02. The standard InChI is InChI=1S/C19H17FN2O3/c1-9-5-11(3)16(15(20)6-9)18-21-17(22-25-18)13-7-10(2)12(4)14(8-13)19(23)24/h5-8H,1-4H3,(H,23,24). The van der Waals surface area contributed by atoms with E-state index in [1.54, 1.807) is 19.9 Å². The molecule has 25 heavy (non-hydrogen) atoms. The summed E-state index contributed by atoms with van der Waals surface area (Å²) >= 11 is 0. The van der Waals surface area contributed by atoms with E-state index in [2.05, 4.69) is 10.1 Å². The SMILES string of the molecule is Cc1cc(C)c(-c2nc(-c3cc(C)c(C)c(C(=O)O)c3)no2)c(F)c1. The first-order chi connectivity index (χ1) is 11.8. The highest BCUT2D eigenvalue weighted by molar-refractivity contribution is 5.91. The monoisotopic (exact) mass is 340 g/mol. The van der Waals surface area contributed by atoms with Crippen molar-refractivity contribution >= 4 is 5.97 Å². The summed E-state index contributed by atoms with van der Waals surface area (Å²) in [5.41, 5.74) is 3.93. The summed E-state index contributed by atoms with van der Waals surface area (Å²) in [6, 6.07) is 6.53. The zero-order valence-electron chi connectivity index (χ0n) is 14.3. The first-order valence-corrected chi connectivity index (χ1v) is 7.73. The van der Waals surface area contributed by atoms with Crippen molar-refractivity contribution in [2.75, 3.05) is 0 Å². The minimum atomic E-state index is -1.02. The number of carbonyl (C=O) groups is 1. The smallest absolute Gasteiger partial charge is 0.335 e. The average molecular weight is 340 g/mol. The van der Waals surface area contributed by atoms with Gasteiger partial charge in [-0.3, -0.25) is 0 Å². The molecule has 6 heteroatoms. The van der Waals surface area contributed by atoms with E-state index in [4.69, 9.17) is 4.52 Å². The molecule has 0 saturated heterocycles. The van der Waals surface area contributed by atoms with Crippen LogP contribution in [0, 0.1) is 33.5 Å². The molecule has 0 amide bonds. The molecule has 0 aliphatic carbocycles. The van der Waals surface area contributed by atoms with Gasteiger partial charge in [-0.25, -0.2) is 9.18 Å². The Hall–Kier alpha value is -3.02. The van der Waals surface area contributed by atoms with Crippen LogP contribution in [0.15, 0.2) is 28.8 Å². The zero-order chi connectivity index (χ0) is 18.3. The lowest BCUT2D eigenvalue weighted by Gasteiger charge is -2.07. The maximum absolute atomic E-state index is 14.3. The molecule has 3 aromatic rings. The van der Waals surface area contributed by atoms with Crippen molar-refractivity contribution in [1.82, 2.24) is 10.1 Å². The van der Waals surface area contributed by atoms with Gasteiger partial charge in [0.15, 0.2) is 0 Å². The molecule has 0 fully saturated rings. The molecule has 128 valence electrons. The summed E-state index contributed by atoms with van der Waals surface area (Å²) in [5.74, 6) is -1.16. The maximum Gasteiger partial charge on any atom is 0.335 e. The van der Waals surface area contributed by atoms with Crippen LogP contribution in [0.2, 0.25) is 0 Å². The van der Waals surface area contributed by atoms with Crippen molar-refractivity contribution in [3.63, 3.8) is 0 Å². The Kier molecular flexibility index (Phi) is 4.12. The molecule has 1 heterocycles. The molecular weight excluding hydrogens is 323 g/mol. The first-order valence-electron chi connectivity index (χ1n) is 7.73. The Morgan fingerprint density at radius 2 is 1.80 bits per heavy atom. The minimum absolute atomic E-state index is 0.0695. The van der Waals surface area contributed by atoms with Gasteiger partial charge in [0, 0.05) is 5.56 Å². The van der Waals surface area contributed by atoms with Gasteiger partial charge in [-0.1, -0.05) is 11.2 Å². The first kappa shape index (κ1) is 16.8. The highest BCUT2D eigenvalue weighted by Crippen LogP contribution is 2.29. The van der Waals surface area contributed by atoms with E-state index in [-0.39, 0.29) is 22.8 Å². The van der Waals surface area contributed by atoms with Crippen molar-refractivity contribution < 1.29 is 18.8 Å². The second kappa shape index (κ2) is 6.12. The van der Waals surface area contributed by atoms with Crippen molar-refractivity contribution in [1.29, 1.82) is 0 Å². The summed E-state index contributed by atoms with van der Waals surface area (Å²) < 4.78 is 19.5. The number of carboxylic acids is 1. The molecule has 0 atom stereocenters. The van der Waals surface area contributed by atoms with Crippen LogP contribution in [0.5, 0.6) is 0 Å². The van der Waals surface area contributed by atoms with E-state index in [0.717, 1.165) is 11.1 Å². The van der Waals surface area contributed by atoms with Gasteiger partial charge < -0.3 is 9.63 Å². The van der Waals surface area contributed by atoms with Crippen LogP contribution in [0.4, 0.5) is 4.39 Å². The third-order valence-electron chi connectivity index (χ3n) is 4.23. The quantitative estimate of drug-likeness (QED) is 0.761. The van der Waals surface area contributed by atoms with E-state index in [9.17, 15) is 14.3 Å². The molecule has 0 saturated carbocycles. The van der Waals surface area contributed by atoms with E-state index in [1.807, 2.05) is 19.9 Å². The zero-order valence-corrected chi connectivity index (χ0v) is 14.3. The van der Waals surface area contributed by atoms with Crippen LogP contribution in [-0.4, -0.2) is 21.2 Å². The van der Waals surface area contributed by atoms with E-state index in [0.29, 0.717) is 16.7 Å². The predicted molar refractivity (Wildman–Crippen MR) is 91.0 cm³/mol. The maximum atomic E-state index is 14.3. The van der Waals surface area contributed by atoms with Gasteiger partial charge in [0.05, 0.1) is 11.1 Å². The van der Waals surface area contributed by atoms with Crippen LogP contribution in [-0.2, 0) is 0 Å². The Morgan fingerprint density at radius 3 is 2.44 bits per heavy atom. The molecule has 0 spiro atoms. The molecule has 2 aromatic carbocycles. The van der Waals surface area contributed by atoms with Gasteiger partial charge in [-0.05, 0) is 68.1 Å². The van der Waals surface area contributed by atoms with E-state index >= 15 is 0 Å². The number of carboxylic acid groups (broad SMARTS) is 1. The molecule has 0 aliphatic rings. The molecule has 5 nitrogen and oxygen atoms in total. The second-order valence-corrected chi connectivity index (χ2v) is 6.13. The van der Waals surface area contributed by atoms with Crippen molar-refractivity contribution in [3.8, 4) is 22.8 Å². The Morgan fingerprint density at radius 1 is 1.08 bits per heavy atom. The molecule has 0 unspecified atom stereocenters. The number of rotatable bonds is 3. The topological polar surface area (TPSA) is 76.2 Å². The number of nitrogens with zero attached hydrogens (tertiary/aromatic N) is 2. The molecule has 1 aromatic heterocycles. The lowest BCUT2D eigenvalue weighted by molar-refractivity contribution is 0.0696. The summed E-state index contributed by atoms with van der Waals surface area (Å²) in [6.45, 7) is 7.14. The largest absolute Gasteiger partial charge is 0.478 e. The molecule has 0 aliphatic heterocycles. The Bertz CT molecular complexity index is 969. The minimum Gasteiger partial charge on any atom is -0.478 e. The normalized spacial score (nSPS) is 10.9. The number of aromatic carboxylic acids is 1. The fourth-order valence-electron chi connectivity index (χ4n) is 2.84. The number of hydrogen-bond donors (Lipinski definition) is 1. The number of halogens is 1. The molecule has 1 N–H and O–H groups in total. The fraction of sp³-hybridized carbons (Fsp3) is 0.211. The number of hydrogen-bond acceptors (Lipinski definition) is 4. The van der Waals surface area contributed by atoms with Gasteiger partial charge in [-0.2, -0.15) is 4.98 Å². The fourth-order valence-corrected chi connectivity index (χ4v) is 2.84. The number of aromatic nitrogens is 2. The van der Waals surface area contributed by atoms with Gasteiger partial charge in [0.2, 0.25) is 5.82 Å². The van der Waals surface area contributed by atoms with Gasteiger partial charge in [0.1, 0.15) is 5.82 Å². The van der Waals surface area contributed by atoms with Crippen LogP contribution in [0.25, 0.3) is 22.8 Å².